The Morgan fingerprint density at radius 3 is 2.45 bits per heavy atom. The van der Waals surface area contributed by atoms with Gasteiger partial charge >= 0.3 is 0 Å². The van der Waals surface area contributed by atoms with Crippen LogP contribution in [0.5, 0.6) is 0 Å². The lowest BCUT2D eigenvalue weighted by atomic mass is 10.1. The van der Waals surface area contributed by atoms with E-state index in [1.165, 1.54) is 11.1 Å². The number of rotatable bonds is 1. The van der Waals surface area contributed by atoms with Crippen molar-refractivity contribution in [1.82, 2.24) is 9.88 Å². The number of hydrogen-bond acceptors (Lipinski definition) is 5. The molecule has 0 radical (unpaired) electrons. The molecule has 4 N–H and O–H groups in total. The lowest BCUT2D eigenvalue weighted by Crippen LogP contribution is -2.30. The molecule has 2 aromatic rings. The summed E-state index contributed by atoms with van der Waals surface area (Å²) in [4.78, 5) is 18.0. The van der Waals surface area contributed by atoms with E-state index in [4.69, 9.17) is 5.73 Å². The number of hydrogen-bond donors (Lipinski definition) is 3. The summed E-state index contributed by atoms with van der Waals surface area (Å²) in [5, 5.41) is 20.5. The third-order valence-corrected chi connectivity index (χ3v) is 3.60. The number of aliphatic hydroxyl groups is 2. The molecule has 6 nitrogen and oxygen atoms in total. The zero-order valence-electron chi connectivity index (χ0n) is 10.7. The minimum absolute atomic E-state index is 0.124. The van der Waals surface area contributed by atoms with Crippen LogP contribution in [0.3, 0.4) is 0 Å². The average Bonchev–Trinajstić information content (AvgIpc) is 2.79. The molecule has 1 fully saturated rings. The Bertz CT molecular complexity index is 664. The zero-order chi connectivity index (χ0) is 14.3. The fourth-order valence-electron chi connectivity index (χ4n) is 2.49. The Balaban J connectivity index is 2.03. The zero-order valence-corrected chi connectivity index (χ0v) is 10.7. The van der Waals surface area contributed by atoms with Crippen LogP contribution in [0.2, 0.25) is 0 Å². The molecule has 20 heavy (non-hydrogen) atoms. The van der Waals surface area contributed by atoms with Gasteiger partial charge in [-0.2, -0.15) is 0 Å². The molecule has 2 unspecified atom stereocenters. The molecule has 1 saturated heterocycles. The molecule has 1 aromatic carbocycles. The van der Waals surface area contributed by atoms with E-state index in [-0.39, 0.29) is 19.0 Å². The largest absolute Gasteiger partial charge is 0.388 e. The molecule has 1 aliphatic heterocycles. The van der Waals surface area contributed by atoms with Gasteiger partial charge in [-0.1, -0.05) is 24.3 Å². The van der Waals surface area contributed by atoms with E-state index < -0.39 is 12.2 Å². The molecule has 6 heteroatoms. The van der Waals surface area contributed by atoms with Crippen molar-refractivity contribution in [2.75, 3.05) is 18.8 Å². The summed E-state index contributed by atoms with van der Waals surface area (Å²) in [6.45, 7) is 0.247. The Kier molecular flexibility index (Phi) is 3.04. The predicted molar refractivity (Wildman–Crippen MR) is 74.1 cm³/mol. The van der Waals surface area contributed by atoms with E-state index in [2.05, 4.69) is 4.98 Å². The number of benzene rings is 1. The van der Waals surface area contributed by atoms with Crippen molar-refractivity contribution in [3.63, 3.8) is 0 Å². The quantitative estimate of drug-likeness (QED) is 0.679. The van der Waals surface area contributed by atoms with Crippen LogP contribution in [-0.4, -0.2) is 51.3 Å². The van der Waals surface area contributed by atoms with Gasteiger partial charge in [-0.15, -0.1) is 0 Å². The summed E-state index contributed by atoms with van der Waals surface area (Å²) >= 11 is 0. The standard InChI is InChI=1S/C14H15N3O3/c15-13-9-4-2-1-3-8(9)10(5-16-13)14(20)17-6-11(18)12(19)7-17/h1-5,11-12,18-19H,6-7H2,(H2,15,16). The summed E-state index contributed by atoms with van der Waals surface area (Å²) in [6.07, 6.45) is -0.351. The lowest BCUT2D eigenvalue weighted by Gasteiger charge is -2.16. The third kappa shape index (κ3) is 1.99. The number of pyridine rings is 1. The highest BCUT2D eigenvalue weighted by Gasteiger charge is 2.33. The van der Waals surface area contributed by atoms with Gasteiger partial charge in [0.05, 0.1) is 17.8 Å². The van der Waals surface area contributed by atoms with Crippen molar-refractivity contribution >= 4 is 22.5 Å². The minimum atomic E-state index is -0.896. The number of likely N-dealkylation sites (tertiary alicyclic amines) is 1. The summed E-state index contributed by atoms with van der Waals surface area (Å²) in [5.74, 6) is 0.114. The monoisotopic (exact) mass is 273 g/mol. The van der Waals surface area contributed by atoms with Crippen molar-refractivity contribution < 1.29 is 15.0 Å². The van der Waals surface area contributed by atoms with Gasteiger partial charge in [-0.25, -0.2) is 4.98 Å². The highest BCUT2D eigenvalue weighted by molar-refractivity contribution is 6.09. The van der Waals surface area contributed by atoms with Crippen molar-refractivity contribution in [3.05, 3.63) is 36.0 Å². The molecular formula is C14H15N3O3. The summed E-state index contributed by atoms with van der Waals surface area (Å²) in [6, 6.07) is 7.27. The van der Waals surface area contributed by atoms with Gasteiger partial charge in [0.25, 0.3) is 5.91 Å². The Morgan fingerprint density at radius 1 is 1.20 bits per heavy atom. The molecule has 1 aliphatic rings. The second kappa shape index (κ2) is 4.73. The fourth-order valence-corrected chi connectivity index (χ4v) is 2.49. The molecule has 3 rings (SSSR count). The van der Waals surface area contributed by atoms with Crippen LogP contribution < -0.4 is 5.73 Å². The first-order valence-corrected chi connectivity index (χ1v) is 6.36. The fraction of sp³-hybridized carbons (Fsp3) is 0.286. The predicted octanol–water partition coefficient (Wildman–Crippen LogP) is -0.00540. The maximum absolute atomic E-state index is 12.5. The van der Waals surface area contributed by atoms with Crippen LogP contribution in [0.25, 0.3) is 10.8 Å². The van der Waals surface area contributed by atoms with Crippen molar-refractivity contribution in [2.24, 2.45) is 0 Å². The number of nitrogen functional groups attached to an aromatic ring is 1. The molecule has 1 amide bonds. The van der Waals surface area contributed by atoms with E-state index in [1.54, 1.807) is 0 Å². The maximum Gasteiger partial charge on any atom is 0.256 e. The average molecular weight is 273 g/mol. The number of β-amino-alcohol motifs (C(OH)–C–C–N with tert-alkyl or cyclic N) is 2. The van der Waals surface area contributed by atoms with Crippen molar-refractivity contribution in [1.29, 1.82) is 0 Å². The van der Waals surface area contributed by atoms with Crippen LogP contribution in [0, 0.1) is 0 Å². The van der Waals surface area contributed by atoms with Crippen molar-refractivity contribution in [2.45, 2.75) is 12.2 Å². The highest BCUT2D eigenvalue weighted by Crippen LogP contribution is 2.24. The van der Waals surface area contributed by atoms with E-state index in [0.717, 1.165) is 10.8 Å². The second-order valence-corrected chi connectivity index (χ2v) is 4.95. The normalized spacial score (nSPS) is 22.4. The Hall–Kier alpha value is -2.18. The molecule has 0 spiro atoms. The molecule has 2 heterocycles. The highest BCUT2D eigenvalue weighted by atomic mass is 16.3. The van der Waals surface area contributed by atoms with Gasteiger partial charge in [0.2, 0.25) is 0 Å². The van der Waals surface area contributed by atoms with Crippen LogP contribution in [0.1, 0.15) is 10.4 Å². The number of aromatic nitrogens is 1. The van der Waals surface area contributed by atoms with Crippen LogP contribution in [-0.2, 0) is 0 Å². The number of nitrogens with two attached hydrogens (primary N) is 1. The number of nitrogens with zero attached hydrogens (tertiary/aromatic N) is 2. The first kappa shape index (κ1) is 12.8. The Morgan fingerprint density at radius 2 is 1.80 bits per heavy atom. The molecule has 2 atom stereocenters. The molecule has 0 saturated carbocycles. The first-order chi connectivity index (χ1) is 9.58. The SMILES string of the molecule is Nc1ncc(C(=O)N2CC(O)C(O)C2)c2ccccc12. The maximum atomic E-state index is 12.5. The van der Waals surface area contributed by atoms with Gasteiger partial charge in [-0.3, -0.25) is 4.79 Å². The van der Waals surface area contributed by atoms with E-state index in [0.29, 0.717) is 11.4 Å². The molecule has 0 bridgehead atoms. The molecule has 104 valence electrons. The topological polar surface area (TPSA) is 99.7 Å². The van der Waals surface area contributed by atoms with Gasteiger partial charge in [-0.05, 0) is 5.39 Å². The number of carbonyl (C=O) groups excluding carboxylic acids is 1. The number of amides is 1. The molecule has 0 aliphatic carbocycles. The van der Waals surface area contributed by atoms with E-state index in [9.17, 15) is 15.0 Å². The van der Waals surface area contributed by atoms with E-state index >= 15 is 0 Å². The smallest absolute Gasteiger partial charge is 0.256 e. The summed E-state index contributed by atoms with van der Waals surface area (Å²) in [7, 11) is 0. The second-order valence-electron chi connectivity index (χ2n) is 4.95. The number of carbonyl (C=O) groups is 1. The van der Waals surface area contributed by atoms with Crippen LogP contribution in [0.4, 0.5) is 5.82 Å². The lowest BCUT2D eigenvalue weighted by molar-refractivity contribution is 0.0572. The molecular weight excluding hydrogens is 258 g/mol. The van der Waals surface area contributed by atoms with E-state index in [1.807, 2.05) is 24.3 Å². The van der Waals surface area contributed by atoms with Crippen LogP contribution >= 0.6 is 0 Å². The van der Waals surface area contributed by atoms with Gasteiger partial charge < -0.3 is 20.8 Å². The molecule has 1 aromatic heterocycles. The summed E-state index contributed by atoms with van der Waals surface area (Å²) < 4.78 is 0. The number of anilines is 1. The third-order valence-electron chi connectivity index (χ3n) is 3.60. The Labute approximate surface area is 115 Å². The summed E-state index contributed by atoms with van der Waals surface area (Å²) in [5.41, 5.74) is 6.23. The van der Waals surface area contributed by atoms with Crippen molar-refractivity contribution in [3.8, 4) is 0 Å². The van der Waals surface area contributed by atoms with Gasteiger partial charge in [0.1, 0.15) is 5.82 Å². The number of aliphatic hydroxyl groups excluding tert-OH is 2. The van der Waals surface area contributed by atoms with Gasteiger partial charge in [0.15, 0.2) is 0 Å². The van der Waals surface area contributed by atoms with Gasteiger partial charge in [0, 0.05) is 24.7 Å². The first-order valence-electron chi connectivity index (χ1n) is 6.36. The number of fused-ring (bicyclic) bond motifs is 1. The van der Waals surface area contributed by atoms with Crippen LogP contribution in [0.15, 0.2) is 30.5 Å². The minimum Gasteiger partial charge on any atom is -0.388 e.